The van der Waals surface area contributed by atoms with Crippen molar-refractivity contribution in [2.45, 2.75) is 46.5 Å². The van der Waals surface area contributed by atoms with E-state index in [2.05, 4.69) is 20.8 Å². The molecule has 6 fully saturated rings. The molecule has 0 nitrogen and oxygen atoms in total. The Balaban J connectivity index is 1.71. The first-order valence-corrected chi connectivity index (χ1v) is 8.56. The molecular weight excluding hydrogens is 216 g/mol. The molecule has 96 valence electrons. The molecule has 2 bridgehead atoms. The molecule has 0 aliphatic heterocycles. The van der Waals surface area contributed by atoms with Gasteiger partial charge in [-0.25, -0.2) is 0 Å². The Morgan fingerprint density at radius 3 is 2.44 bits per heavy atom. The van der Waals surface area contributed by atoms with Gasteiger partial charge in [-0.05, 0) is 88.8 Å². The van der Waals surface area contributed by atoms with Crippen LogP contribution in [0.4, 0.5) is 0 Å². The van der Waals surface area contributed by atoms with Gasteiger partial charge in [0, 0.05) is 0 Å². The molecule has 0 saturated heterocycles. The lowest BCUT2D eigenvalue weighted by molar-refractivity contribution is -0.228. The van der Waals surface area contributed by atoms with Gasteiger partial charge < -0.3 is 0 Å². The highest BCUT2D eigenvalue weighted by molar-refractivity contribution is 5.50. The summed E-state index contributed by atoms with van der Waals surface area (Å²) in [5.41, 5.74) is 3.41. The van der Waals surface area contributed by atoms with Crippen molar-refractivity contribution in [1.82, 2.24) is 0 Å². The van der Waals surface area contributed by atoms with E-state index in [0.29, 0.717) is 0 Å². The smallest absolute Gasteiger partial charge is 0.0121 e. The van der Waals surface area contributed by atoms with Crippen LogP contribution in [0.3, 0.4) is 0 Å². The highest BCUT2D eigenvalue weighted by atomic mass is 15.1. The lowest BCUT2D eigenvalue weighted by Crippen LogP contribution is -2.65. The van der Waals surface area contributed by atoms with Crippen molar-refractivity contribution in [3.05, 3.63) is 0 Å². The molecule has 0 aromatic rings. The maximum absolute atomic E-state index is 2.79. The molecule has 6 aliphatic carbocycles. The molecule has 3 spiro atoms. The summed E-state index contributed by atoms with van der Waals surface area (Å²) in [5, 5.41) is 0. The Labute approximate surface area is 110 Å². The van der Waals surface area contributed by atoms with Crippen LogP contribution in [0.1, 0.15) is 46.5 Å². The number of rotatable bonds is 0. The Morgan fingerprint density at radius 1 is 1.00 bits per heavy atom. The lowest BCUT2D eigenvalue weighted by Gasteiger charge is -2.70. The van der Waals surface area contributed by atoms with E-state index in [4.69, 9.17) is 0 Å². The Morgan fingerprint density at radius 2 is 1.72 bits per heavy atom. The van der Waals surface area contributed by atoms with Crippen LogP contribution >= 0.6 is 0 Å². The van der Waals surface area contributed by atoms with Gasteiger partial charge in [0.05, 0.1) is 0 Å². The van der Waals surface area contributed by atoms with Crippen molar-refractivity contribution in [1.29, 1.82) is 0 Å². The fourth-order valence-electron chi connectivity index (χ4n) is 12.0. The summed E-state index contributed by atoms with van der Waals surface area (Å²) < 4.78 is 0. The van der Waals surface area contributed by atoms with E-state index < -0.39 is 0 Å². The van der Waals surface area contributed by atoms with Gasteiger partial charge in [-0.15, -0.1) is 0 Å². The van der Waals surface area contributed by atoms with Crippen molar-refractivity contribution in [2.75, 3.05) is 0 Å². The van der Waals surface area contributed by atoms with Gasteiger partial charge in [0.25, 0.3) is 0 Å². The Hall–Kier alpha value is 0. The largest absolute Gasteiger partial charge is 0.0619 e. The molecule has 0 aromatic carbocycles. The summed E-state index contributed by atoms with van der Waals surface area (Å²) in [7, 11) is 0. The van der Waals surface area contributed by atoms with Crippen molar-refractivity contribution in [2.24, 2.45) is 63.1 Å². The monoisotopic (exact) mass is 240 g/mol. The van der Waals surface area contributed by atoms with E-state index in [9.17, 15) is 0 Å². The second kappa shape index (κ2) is 1.81. The highest BCUT2D eigenvalue weighted by Crippen LogP contribution is 3.08. The molecule has 0 radical (unpaired) electrons. The van der Waals surface area contributed by atoms with Gasteiger partial charge in [0.2, 0.25) is 0 Å². The van der Waals surface area contributed by atoms with E-state index in [0.717, 1.165) is 33.5 Å². The summed E-state index contributed by atoms with van der Waals surface area (Å²) in [4.78, 5) is 0. The average Bonchev–Trinajstić information content (AvgIpc) is 2.73. The van der Waals surface area contributed by atoms with Crippen LogP contribution in [0.5, 0.6) is 0 Å². The number of hydrogen-bond acceptors (Lipinski definition) is 0. The molecule has 0 amide bonds. The predicted molar refractivity (Wildman–Crippen MR) is 69.7 cm³/mol. The van der Waals surface area contributed by atoms with Gasteiger partial charge in [0.1, 0.15) is 0 Å². The topological polar surface area (TPSA) is 0 Å². The van der Waals surface area contributed by atoms with Crippen LogP contribution in [0, 0.1) is 63.1 Å². The van der Waals surface area contributed by atoms with Crippen LogP contribution in [0.2, 0.25) is 0 Å². The van der Waals surface area contributed by atoms with E-state index in [-0.39, 0.29) is 0 Å². The molecular formula is C18H24. The normalized spacial score (nSPS) is 90.5. The zero-order valence-corrected chi connectivity index (χ0v) is 11.9. The third-order valence-corrected chi connectivity index (χ3v) is 11.1. The van der Waals surface area contributed by atoms with E-state index in [1.165, 1.54) is 29.6 Å². The predicted octanol–water partition coefficient (Wildman–Crippen LogP) is 3.96. The maximum Gasteiger partial charge on any atom is -0.0121 e. The van der Waals surface area contributed by atoms with Gasteiger partial charge in [0.15, 0.2) is 0 Å². The SMILES string of the molecule is CC1C2C3CC45CC3C3C6CC(C)C64C1(C)C23C5. The summed E-state index contributed by atoms with van der Waals surface area (Å²) in [6, 6.07) is 0. The van der Waals surface area contributed by atoms with Crippen LogP contribution in [-0.4, -0.2) is 0 Å². The van der Waals surface area contributed by atoms with Gasteiger partial charge in [-0.3, -0.25) is 0 Å². The van der Waals surface area contributed by atoms with E-state index in [1.807, 2.05) is 0 Å². The molecule has 11 unspecified atom stereocenters. The minimum absolute atomic E-state index is 0.789. The van der Waals surface area contributed by atoms with Crippen LogP contribution < -0.4 is 0 Å². The first-order chi connectivity index (χ1) is 8.56. The molecule has 18 heavy (non-hydrogen) atoms. The minimum atomic E-state index is 0.789. The summed E-state index contributed by atoms with van der Waals surface area (Å²) in [6.07, 6.45) is 6.68. The van der Waals surface area contributed by atoms with Gasteiger partial charge in [-0.1, -0.05) is 20.8 Å². The third-order valence-electron chi connectivity index (χ3n) is 11.1. The molecule has 0 heterocycles. The number of fused-ring (bicyclic) bond motifs is 4. The molecule has 0 heteroatoms. The zero-order chi connectivity index (χ0) is 11.9. The molecule has 0 aromatic heterocycles. The van der Waals surface area contributed by atoms with Crippen molar-refractivity contribution >= 4 is 0 Å². The van der Waals surface area contributed by atoms with Crippen LogP contribution in [-0.2, 0) is 0 Å². The van der Waals surface area contributed by atoms with Gasteiger partial charge in [-0.2, -0.15) is 0 Å². The van der Waals surface area contributed by atoms with E-state index in [1.54, 1.807) is 25.7 Å². The third kappa shape index (κ3) is 0.383. The quantitative estimate of drug-likeness (QED) is 0.601. The molecule has 6 saturated carbocycles. The van der Waals surface area contributed by atoms with Crippen molar-refractivity contribution in [3.8, 4) is 0 Å². The fourth-order valence-corrected chi connectivity index (χ4v) is 12.0. The highest BCUT2D eigenvalue weighted by Gasteiger charge is 3.03. The summed E-state index contributed by atoms with van der Waals surface area (Å²) in [6.45, 7) is 8.09. The second-order valence-electron chi connectivity index (χ2n) is 9.89. The van der Waals surface area contributed by atoms with Gasteiger partial charge >= 0.3 is 0 Å². The van der Waals surface area contributed by atoms with E-state index >= 15 is 0 Å². The Bertz CT molecular complexity index is 550. The maximum atomic E-state index is 2.79. The Kier molecular flexibility index (Phi) is 0.909. The zero-order valence-electron chi connectivity index (χ0n) is 11.9. The van der Waals surface area contributed by atoms with Crippen molar-refractivity contribution in [3.63, 3.8) is 0 Å². The first kappa shape index (κ1) is 9.03. The van der Waals surface area contributed by atoms with Crippen LogP contribution in [0.25, 0.3) is 0 Å². The molecule has 6 aliphatic rings. The first-order valence-electron chi connectivity index (χ1n) is 8.56. The summed E-state index contributed by atoms with van der Waals surface area (Å²) in [5.74, 6) is 8.16. The fraction of sp³-hybridized carbons (Fsp3) is 1.00. The average molecular weight is 240 g/mol. The van der Waals surface area contributed by atoms with Crippen molar-refractivity contribution < 1.29 is 0 Å². The summed E-state index contributed by atoms with van der Waals surface area (Å²) >= 11 is 0. The number of hydrogen-bond donors (Lipinski definition) is 0. The standard InChI is InChI=1S/C18H24/c1-8-4-12-14-11-6-16-5-10(11)13-9(2)15(3,18(8,12)16)17(13,14)7-16/h8-14H,4-7H2,1-3H3. The molecule has 11 atom stereocenters. The van der Waals surface area contributed by atoms with Crippen LogP contribution in [0.15, 0.2) is 0 Å². The lowest BCUT2D eigenvalue weighted by atomic mass is 9.34. The molecule has 0 N–H and O–H groups in total. The second-order valence-corrected chi connectivity index (χ2v) is 9.89. The minimum Gasteiger partial charge on any atom is -0.0619 e. The molecule has 6 rings (SSSR count).